The van der Waals surface area contributed by atoms with Crippen molar-refractivity contribution in [3.63, 3.8) is 0 Å². The second kappa shape index (κ2) is 6.08. The maximum Gasteiger partial charge on any atom is 0.241 e. The van der Waals surface area contributed by atoms with Gasteiger partial charge in [0.2, 0.25) is 11.8 Å². The van der Waals surface area contributed by atoms with Crippen LogP contribution in [0.4, 0.5) is 11.4 Å². The number of hydrogen-bond acceptors (Lipinski definition) is 3. The van der Waals surface area contributed by atoms with E-state index < -0.39 is 0 Å². The molecule has 2 aliphatic heterocycles. The Hall–Kier alpha value is -1.88. The number of carbonyl (C=O) groups excluding carboxylic acids is 2. The number of nitrogens with zero attached hydrogens (tertiary/aromatic N) is 1. The van der Waals surface area contributed by atoms with Crippen molar-refractivity contribution in [3.05, 3.63) is 23.8 Å². The van der Waals surface area contributed by atoms with Gasteiger partial charge in [0, 0.05) is 24.8 Å². The van der Waals surface area contributed by atoms with Gasteiger partial charge in [0.1, 0.15) is 0 Å². The van der Waals surface area contributed by atoms with Crippen LogP contribution >= 0.6 is 0 Å². The molecule has 2 N–H and O–H groups in total. The van der Waals surface area contributed by atoms with Gasteiger partial charge < -0.3 is 15.5 Å². The molecule has 2 heterocycles. The second-order valence-electron chi connectivity index (χ2n) is 6.39. The Bertz CT molecular complexity index is 600. The van der Waals surface area contributed by atoms with Gasteiger partial charge in [-0.25, -0.2) is 0 Å². The molecule has 0 spiro atoms. The molecule has 3 rings (SSSR count). The summed E-state index contributed by atoms with van der Waals surface area (Å²) >= 11 is 0. The first-order valence-corrected chi connectivity index (χ1v) is 8.00. The van der Waals surface area contributed by atoms with E-state index in [0.717, 1.165) is 49.3 Å². The molecular weight excluding hydrogens is 278 g/mol. The fraction of sp³-hybridized carbons (Fsp3) is 0.529. The fourth-order valence-corrected chi connectivity index (χ4v) is 3.34. The van der Waals surface area contributed by atoms with Gasteiger partial charge in [0.15, 0.2) is 0 Å². The SMILES string of the molecule is CC(=O)N1CCc2cc(NC(=O)C3CC(C)CCN3)ccc21. The predicted molar refractivity (Wildman–Crippen MR) is 87.0 cm³/mol. The van der Waals surface area contributed by atoms with Crippen LogP contribution < -0.4 is 15.5 Å². The number of anilines is 2. The summed E-state index contributed by atoms with van der Waals surface area (Å²) in [6.07, 6.45) is 2.86. The van der Waals surface area contributed by atoms with E-state index in [-0.39, 0.29) is 17.9 Å². The summed E-state index contributed by atoms with van der Waals surface area (Å²) in [5.74, 6) is 0.685. The van der Waals surface area contributed by atoms with Crippen molar-refractivity contribution in [1.82, 2.24) is 5.32 Å². The van der Waals surface area contributed by atoms with Crippen molar-refractivity contribution in [2.24, 2.45) is 5.92 Å². The Morgan fingerprint density at radius 2 is 2.18 bits per heavy atom. The number of rotatable bonds is 2. The van der Waals surface area contributed by atoms with Crippen molar-refractivity contribution in [3.8, 4) is 0 Å². The molecule has 1 aromatic carbocycles. The first-order valence-electron chi connectivity index (χ1n) is 8.00. The molecule has 1 aromatic rings. The van der Waals surface area contributed by atoms with Gasteiger partial charge >= 0.3 is 0 Å². The van der Waals surface area contributed by atoms with Gasteiger partial charge in [-0.3, -0.25) is 9.59 Å². The number of amides is 2. The Morgan fingerprint density at radius 1 is 1.36 bits per heavy atom. The largest absolute Gasteiger partial charge is 0.325 e. The third-order valence-corrected chi connectivity index (χ3v) is 4.61. The van der Waals surface area contributed by atoms with E-state index >= 15 is 0 Å². The topological polar surface area (TPSA) is 61.4 Å². The molecule has 118 valence electrons. The number of benzene rings is 1. The molecule has 0 saturated carbocycles. The quantitative estimate of drug-likeness (QED) is 0.877. The highest BCUT2D eigenvalue weighted by molar-refractivity contribution is 5.97. The minimum atomic E-state index is -0.106. The molecule has 2 unspecified atom stereocenters. The Balaban J connectivity index is 1.69. The van der Waals surface area contributed by atoms with E-state index in [0.29, 0.717) is 5.92 Å². The molecule has 5 nitrogen and oxygen atoms in total. The summed E-state index contributed by atoms with van der Waals surface area (Å²) in [5, 5.41) is 6.28. The lowest BCUT2D eigenvalue weighted by Crippen LogP contribution is -2.45. The van der Waals surface area contributed by atoms with Gasteiger partial charge in [-0.15, -0.1) is 0 Å². The summed E-state index contributed by atoms with van der Waals surface area (Å²) in [6.45, 7) is 5.40. The number of carbonyl (C=O) groups is 2. The lowest BCUT2D eigenvalue weighted by Gasteiger charge is -2.27. The van der Waals surface area contributed by atoms with Crippen LogP contribution in [-0.4, -0.2) is 30.9 Å². The normalized spacial score (nSPS) is 24.0. The van der Waals surface area contributed by atoms with Crippen LogP contribution in [0.1, 0.15) is 32.3 Å². The average Bonchev–Trinajstić information content (AvgIpc) is 2.90. The lowest BCUT2D eigenvalue weighted by molar-refractivity contribution is -0.119. The first kappa shape index (κ1) is 15.0. The third kappa shape index (κ3) is 2.99. The van der Waals surface area contributed by atoms with Crippen molar-refractivity contribution in [2.75, 3.05) is 23.3 Å². The molecule has 1 saturated heterocycles. The van der Waals surface area contributed by atoms with Gasteiger partial charge in [0.25, 0.3) is 0 Å². The smallest absolute Gasteiger partial charge is 0.241 e. The highest BCUT2D eigenvalue weighted by Crippen LogP contribution is 2.30. The van der Waals surface area contributed by atoms with Gasteiger partial charge in [-0.2, -0.15) is 0 Å². The van der Waals surface area contributed by atoms with Crippen LogP contribution in [0.3, 0.4) is 0 Å². The van der Waals surface area contributed by atoms with Crippen LogP contribution in [0.15, 0.2) is 18.2 Å². The highest BCUT2D eigenvalue weighted by atomic mass is 16.2. The molecule has 0 bridgehead atoms. The van der Waals surface area contributed by atoms with Crippen LogP contribution in [0.5, 0.6) is 0 Å². The van der Waals surface area contributed by atoms with E-state index in [4.69, 9.17) is 0 Å². The molecule has 2 atom stereocenters. The monoisotopic (exact) mass is 301 g/mol. The molecule has 0 radical (unpaired) electrons. The maximum atomic E-state index is 12.3. The van der Waals surface area contributed by atoms with Crippen LogP contribution in [0.25, 0.3) is 0 Å². The number of nitrogens with one attached hydrogen (secondary N) is 2. The Labute approximate surface area is 131 Å². The predicted octanol–water partition coefficient (Wildman–Crippen LogP) is 1.92. The highest BCUT2D eigenvalue weighted by Gasteiger charge is 2.26. The number of fused-ring (bicyclic) bond motifs is 1. The zero-order chi connectivity index (χ0) is 15.7. The minimum Gasteiger partial charge on any atom is -0.325 e. The number of piperidine rings is 1. The van der Waals surface area contributed by atoms with Crippen molar-refractivity contribution < 1.29 is 9.59 Å². The standard InChI is InChI=1S/C17H23N3O2/c1-11-5-7-18-15(9-11)17(22)19-14-3-4-16-13(10-14)6-8-20(16)12(2)21/h3-4,10-11,15,18H,5-9H2,1-2H3,(H,19,22). The van der Waals surface area contributed by atoms with E-state index in [9.17, 15) is 9.59 Å². The average molecular weight is 301 g/mol. The van der Waals surface area contributed by atoms with E-state index in [2.05, 4.69) is 17.6 Å². The van der Waals surface area contributed by atoms with Crippen molar-refractivity contribution >= 4 is 23.2 Å². The van der Waals surface area contributed by atoms with Crippen LogP contribution in [0.2, 0.25) is 0 Å². The van der Waals surface area contributed by atoms with Crippen LogP contribution in [-0.2, 0) is 16.0 Å². The molecule has 5 heteroatoms. The van der Waals surface area contributed by atoms with Crippen molar-refractivity contribution in [2.45, 2.75) is 39.2 Å². The molecular formula is C17H23N3O2. The Kier molecular flexibility index (Phi) is 4.16. The summed E-state index contributed by atoms with van der Waals surface area (Å²) < 4.78 is 0. The third-order valence-electron chi connectivity index (χ3n) is 4.61. The summed E-state index contributed by atoms with van der Waals surface area (Å²) in [5.41, 5.74) is 2.90. The first-order chi connectivity index (χ1) is 10.5. The van der Waals surface area contributed by atoms with Gasteiger partial charge in [0.05, 0.1) is 6.04 Å². The molecule has 2 aliphatic rings. The second-order valence-corrected chi connectivity index (χ2v) is 6.39. The van der Waals surface area contributed by atoms with Gasteiger partial charge in [-0.05, 0) is 55.5 Å². The molecule has 1 fully saturated rings. The molecule has 2 amide bonds. The summed E-state index contributed by atoms with van der Waals surface area (Å²) in [6, 6.07) is 5.69. The van der Waals surface area contributed by atoms with Gasteiger partial charge in [-0.1, -0.05) is 6.92 Å². The fourth-order valence-electron chi connectivity index (χ4n) is 3.34. The molecule has 0 aliphatic carbocycles. The van der Waals surface area contributed by atoms with E-state index in [1.165, 1.54) is 0 Å². The number of hydrogen-bond donors (Lipinski definition) is 2. The van der Waals surface area contributed by atoms with Crippen LogP contribution in [0, 0.1) is 5.92 Å². The Morgan fingerprint density at radius 3 is 2.91 bits per heavy atom. The van der Waals surface area contributed by atoms with E-state index in [1.807, 2.05) is 18.2 Å². The molecule has 22 heavy (non-hydrogen) atoms. The zero-order valence-corrected chi connectivity index (χ0v) is 13.2. The lowest BCUT2D eigenvalue weighted by atomic mass is 9.94. The van der Waals surface area contributed by atoms with Crippen molar-refractivity contribution in [1.29, 1.82) is 0 Å². The molecule has 0 aromatic heterocycles. The summed E-state index contributed by atoms with van der Waals surface area (Å²) in [7, 11) is 0. The summed E-state index contributed by atoms with van der Waals surface area (Å²) in [4.78, 5) is 25.7. The maximum absolute atomic E-state index is 12.3. The van der Waals surface area contributed by atoms with E-state index in [1.54, 1.807) is 11.8 Å². The minimum absolute atomic E-state index is 0.0351. The zero-order valence-electron chi connectivity index (χ0n) is 13.2.